The molecule has 22 heavy (non-hydrogen) atoms. The molecule has 0 saturated heterocycles. The van der Waals surface area contributed by atoms with Crippen LogP contribution in [0.2, 0.25) is 0 Å². The molecule has 124 valence electrons. The third-order valence-electron chi connectivity index (χ3n) is 4.28. The molecule has 0 saturated carbocycles. The monoisotopic (exact) mass is 304 g/mol. The van der Waals surface area contributed by atoms with Crippen LogP contribution in [0.4, 0.5) is 0 Å². The topological polar surface area (TPSA) is 40.5 Å². The van der Waals surface area contributed by atoms with E-state index in [-0.39, 0.29) is 5.92 Å². The lowest BCUT2D eigenvalue weighted by molar-refractivity contribution is 0.162. The summed E-state index contributed by atoms with van der Waals surface area (Å²) in [5.74, 6) is 0.599. The van der Waals surface area contributed by atoms with Crippen molar-refractivity contribution >= 4 is 0 Å². The van der Waals surface area contributed by atoms with Crippen molar-refractivity contribution in [2.24, 2.45) is 0 Å². The molecule has 2 heteroatoms. The summed E-state index contributed by atoms with van der Waals surface area (Å²) >= 11 is 0. The minimum atomic E-state index is -0.425. The Morgan fingerprint density at radius 1 is 1.05 bits per heavy atom. The maximum absolute atomic E-state index is 10.4. The minimum absolute atomic E-state index is 0.261. The van der Waals surface area contributed by atoms with Gasteiger partial charge in [-0.25, -0.2) is 0 Å². The fourth-order valence-corrected chi connectivity index (χ4v) is 2.86. The van der Waals surface area contributed by atoms with Gasteiger partial charge in [0.2, 0.25) is 0 Å². The molecule has 0 bridgehead atoms. The zero-order valence-electron chi connectivity index (χ0n) is 14.4. The Balaban J connectivity index is 2.49. The Kier molecular flexibility index (Phi) is 8.26. The first-order valence-corrected chi connectivity index (χ1v) is 8.59. The maximum Gasteiger partial charge on any atom is 0.119 e. The van der Waals surface area contributed by atoms with Gasteiger partial charge in [-0.15, -0.1) is 6.58 Å². The number of hydrogen-bond donors (Lipinski definition) is 2. The zero-order valence-corrected chi connectivity index (χ0v) is 14.4. The number of hydrogen-bond acceptors (Lipinski definition) is 2. The van der Waals surface area contributed by atoms with Crippen molar-refractivity contribution in [1.29, 1.82) is 0 Å². The lowest BCUT2D eigenvalue weighted by Crippen LogP contribution is -2.02. The van der Waals surface area contributed by atoms with Gasteiger partial charge in [0, 0.05) is 0 Å². The summed E-state index contributed by atoms with van der Waals surface area (Å²) in [4.78, 5) is 0. The minimum Gasteiger partial charge on any atom is -0.508 e. The van der Waals surface area contributed by atoms with Crippen molar-refractivity contribution in [1.82, 2.24) is 0 Å². The molecule has 0 aliphatic heterocycles. The first-order valence-electron chi connectivity index (χ1n) is 8.59. The van der Waals surface area contributed by atoms with Crippen molar-refractivity contribution < 1.29 is 10.2 Å². The molecule has 0 aliphatic carbocycles. The smallest absolute Gasteiger partial charge is 0.119 e. The standard InChI is InChI=1S/C20H32O2/c1-5-6-7-8-9-10-11-12-19(21)18-14-17(15(2)3)20(22)13-16(18)4/h5,13-15,19,21-22H,1,6-12H2,2-4H3. The summed E-state index contributed by atoms with van der Waals surface area (Å²) in [6.07, 6.45) is 9.37. The van der Waals surface area contributed by atoms with Crippen LogP contribution in [0.25, 0.3) is 0 Å². The Bertz CT molecular complexity index is 463. The molecule has 1 rings (SSSR count). The van der Waals surface area contributed by atoms with Crippen molar-refractivity contribution in [3.8, 4) is 5.75 Å². The number of phenolic OH excluding ortho intramolecular Hbond substituents is 1. The largest absolute Gasteiger partial charge is 0.508 e. The highest BCUT2D eigenvalue weighted by Gasteiger charge is 2.15. The number of aliphatic hydroxyl groups is 1. The van der Waals surface area contributed by atoms with Gasteiger partial charge in [-0.3, -0.25) is 0 Å². The highest BCUT2D eigenvalue weighted by molar-refractivity contribution is 5.43. The van der Waals surface area contributed by atoms with Gasteiger partial charge in [0.25, 0.3) is 0 Å². The summed E-state index contributed by atoms with van der Waals surface area (Å²) in [5, 5.41) is 20.4. The fraction of sp³-hybridized carbons (Fsp3) is 0.600. The Hall–Kier alpha value is -1.28. The average molecular weight is 304 g/mol. The number of benzene rings is 1. The van der Waals surface area contributed by atoms with Crippen LogP contribution in [0.5, 0.6) is 5.75 Å². The number of allylic oxidation sites excluding steroid dienone is 1. The van der Waals surface area contributed by atoms with Crippen LogP contribution in [0.1, 0.15) is 87.5 Å². The van der Waals surface area contributed by atoms with Crippen LogP contribution in [0, 0.1) is 6.92 Å². The molecule has 0 spiro atoms. The zero-order chi connectivity index (χ0) is 16.5. The van der Waals surface area contributed by atoms with Crippen LogP contribution in [-0.2, 0) is 0 Å². The second-order valence-electron chi connectivity index (χ2n) is 6.57. The summed E-state index contributed by atoms with van der Waals surface area (Å²) in [5.41, 5.74) is 2.86. The van der Waals surface area contributed by atoms with Gasteiger partial charge in [0.15, 0.2) is 0 Å². The highest BCUT2D eigenvalue weighted by Crippen LogP contribution is 2.32. The van der Waals surface area contributed by atoms with Crippen LogP contribution < -0.4 is 0 Å². The summed E-state index contributed by atoms with van der Waals surface area (Å²) in [6, 6.07) is 3.76. The number of aryl methyl sites for hydroxylation is 1. The van der Waals surface area contributed by atoms with Gasteiger partial charge in [-0.05, 0) is 60.9 Å². The van der Waals surface area contributed by atoms with E-state index in [4.69, 9.17) is 0 Å². The molecule has 0 fully saturated rings. The Morgan fingerprint density at radius 3 is 2.32 bits per heavy atom. The van der Waals surface area contributed by atoms with Crippen molar-refractivity contribution in [2.45, 2.75) is 77.7 Å². The van der Waals surface area contributed by atoms with E-state index in [1.54, 1.807) is 6.07 Å². The molecule has 0 aliphatic rings. The molecule has 2 N–H and O–H groups in total. The average Bonchev–Trinajstić information content (AvgIpc) is 2.45. The van der Waals surface area contributed by atoms with Gasteiger partial charge in [0.1, 0.15) is 5.75 Å². The number of unbranched alkanes of at least 4 members (excludes halogenated alkanes) is 5. The first kappa shape index (κ1) is 18.8. The van der Waals surface area contributed by atoms with E-state index < -0.39 is 6.10 Å². The normalized spacial score (nSPS) is 12.6. The third kappa shape index (κ3) is 5.84. The molecule has 0 heterocycles. The van der Waals surface area contributed by atoms with Gasteiger partial charge in [0.05, 0.1) is 6.10 Å². The van der Waals surface area contributed by atoms with E-state index >= 15 is 0 Å². The van der Waals surface area contributed by atoms with Crippen LogP contribution in [0.3, 0.4) is 0 Å². The van der Waals surface area contributed by atoms with E-state index in [2.05, 4.69) is 20.4 Å². The molecule has 1 unspecified atom stereocenters. The van der Waals surface area contributed by atoms with Crippen molar-refractivity contribution in [3.05, 3.63) is 41.5 Å². The van der Waals surface area contributed by atoms with E-state index in [1.807, 2.05) is 19.1 Å². The summed E-state index contributed by atoms with van der Waals surface area (Å²) in [6.45, 7) is 9.81. The van der Waals surface area contributed by atoms with Gasteiger partial charge < -0.3 is 10.2 Å². The predicted octanol–water partition coefficient (Wildman–Crippen LogP) is 5.77. The Labute approximate surface area is 135 Å². The van der Waals surface area contributed by atoms with E-state index in [9.17, 15) is 10.2 Å². The molecular weight excluding hydrogens is 272 g/mol. The maximum atomic E-state index is 10.4. The molecule has 0 radical (unpaired) electrons. The quantitative estimate of drug-likeness (QED) is 0.425. The molecule has 2 nitrogen and oxygen atoms in total. The molecule has 1 aromatic carbocycles. The van der Waals surface area contributed by atoms with E-state index in [0.29, 0.717) is 5.75 Å². The molecule has 0 amide bonds. The second kappa shape index (κ2) is 9.68. The number of aliphatic hydroxyl groups excluding tert-OH is 1. The number of phenols is 1. The van der Waals surface area contributed by atoms with Gasteiger partial charge in [-0.1, -0.05) is 45.6 Å². The molecule has 1 atom stereocenters. The van der Waals surface area contributed by atoms with Gasteiger partial charge >= 0.3 is 0 Å². The lowest BCUT2D eigenvalue weighted by Gasteiger charge is -2.18. The summed E-state index contributed by atoms with van der Waals surface area (Å²) < 4.78 is 0. The molecule has 0 aromatic heterocycles. The van der Waals surface area contributed by atoms with Crippen LogP contribution in [0.15, 0.2) is 24.8 Å². The van der Waals surface area contributed by atoms with Crippen LogP contribution in [-0.4, -0.2) is 10.2 Å². The predicted molar refractivity (Wildman–Crippen MR) is 94.4 cm³/mol. The van der Waals surface area contributed by atoms with Crippen LogP contribution >= 0.6 is 0 Å². The van der Waals surface area contributed by atoms with Gasteiger partial charge in [-0.2, -0.15) is 0 Å². The third-order valence-corrected chi connectivity index (χ3v) is 4.28. The van der Waals surface area contributed by atoms with E-state index in [0.717, 1.165) is 36.0 Å². The lowest BCUT2D eigenvalue weighted by atomic mass is 9.92. The second-order valence-corrected chi connectivity index (χ2v) is 6.57. The number of rotatable bonds is 10. The highest BCUT2D eigenvalue weighted by atomic mass is 16.3. The fourth-order valence-electron chi connectivity index (χ4n) is 2.86. The Morgan fingerprint density at radius 2 is 1.68 bits per heavy atom. The first-order chi connectivity index (χ1) is 10.5. The van der Waals surface area contributed by atoms with E-state index in [1.165, 1.54) is 25.7 Å². The summed E-state index contributed by atoms with van der Waals surface area (Å²) in [7, 11) is 0. The SMILES string of the molecule is C=CCCCCCCCC(O)c1cc(C(C)C)c(O)cc1C. The molecule has 1 aromatic rings. The number of aromatic hydroxyl groups is 1. The molecular formula is C20H32O2. The van der Waals surface area contributed by atoms with Crippen molar-refractivity contribution in [3.63, 3.8) is 0 Å². The van der Waals surface area contributed by atoms with Crippen molar-refractivity contribution in [2.75, 3.05) is 0 Å².